The van der Waals surface area contributed by atoms with Crippen LogP contribution in [0.3, 0.4) is 0 Å². The molecule has 2 heterocycles. The Bertz CT molecular complexity index is 803. The predicted octanol–water partition coefficient (Wildman–Crippen LogP) is 4.00. The van der Waals surface area contributed by atoms with Gasteiger partial charge < -0.3 is 15.1 Å². The van der Waals surface area contributed by atoms with E-state index in [0.717, 1.165) is 5.69 Å². The molecule has 6 heteroatoms. The predicted molar refractivity (Wildman–Crippen MR) is 88.8 cm³/mol. The molecule has 0 fully saturated rings. The van der Waals surface area contributed by atoms with E-state index in [1.807, 2.05) is 12.1 Å². The van der Waals surface area contributed by atoms with Crippen LogP contribution in [0.2, 0.25) is 5.02 Å². The van der Waals surface area contributed by atoms with Gasteiger partial charge in [-0.25, -0.2) is 4.98 Å². The molecule has 2 N–H and O–H groups in total. The van der Waals surface area contributed by atoms with Crippen LogP contribution in [0.25, 0.3) is 0 Å². The minimum Gasteiger partial charge on any atom is -0.467 e. The lowest BCUT2D eigenvalue weighted by Gasteiger charge is -2.11. The second-order valence-electron chi connectivity index (χ2n) is 4.80. The number of pyridine rings is 1. The summed E-state index contributed by atoms with van der Waals surface area (Å²) < 4.78 is 5.20. The van der Waals surface area contributed by atoms with E-state index < -0.39 is 0 Å². The monoisotopic (exact) mass is 327 g/mol. The van der Waals surface area contributed by atoms with Crippen molar-refractivity contribution in [1.82, 2.24) is 10.3 Å². The third kappa shape index (κ3) is 3.90. The van der Waals surface area contributed by atoms with E-state index >= 15 is 0 Å². The number of nitrogens with one attached hydrogen (secondary N) is 2. The lowest BCUT2D eigenvalue weighted by molar-refractivity contribution is 0.0948. The van der Waals surface area contributed by atoms with Crippen LogP contribution >= 0.6 is 11.6 Å². The third-order valence-electron chi connectivity index (χ3n) is 3.14. The molecule has 0 aliphatic heterocycles. The average Bonchev–Trinajstić information content (AvgIpc) is 3.07. The maximum Gasteiger partial charge on any atom is 0.255 e. The lowest BCUT2D eigenvalue weighted by atomic mass is 10.2. The first kappa shape index (κ1) is 15.1. The van der Waals surface area contributed by atoms with Gasteiger partial charge in [-0.3, -0.25) is 4.79 Å². The molecule has 3 aromatic rings. The summed E-state index contributed by atoms with van der Waals surface area (Å²) in [6.07, 6.45) is 3.19. The summed E-state index contributed by atoms with van der Waals surface area (Å²) in [7, 11) is 0. The Kier molecular flexibility index (Phi) is 4.59. The molecule has 1 amide bonds. The first-order valence-corrected chi connectivity index (χ1v) is 7.38. The van der Waals surface area contributed by atoms with Crippen molar-refractivity contribution in [1.29, 1.82) is 0 Å². The minimum absolute atomic E-state index is 0.237. The van der Waals surface area contributed by atoms with Gasteiger partial charge in [0.15, 0.2) is 0 Å². The number of halogens is 1. The molecule has 5 nitrogen and oxygen atoms in total. The smallest absolute Gasteiger partial charge is 0.255 e. The van der Waals surface area contributed by atoms with Crippen LogP contribution in [0.15, 0.2) is 65.4 Å². The number of furan rings is 1. The fourth-order valence-electron chi connectivity index (χ4n) is 2.07. The number of aromatic nitrogens is 1. The normalized spacial score (nSPS) is 10.3. The van der Waals surface area contributed by atoms with E-state index in [1.165, 1.54) is 0 Å². The van der Waals surface area contributed by atoms with Crippen LogP contribution in [0.1, 0.15) is 16.1 Å². The van der Waals surface area contributed by atoms with Crippen LogP contribution in [-0.2, 0) is 6.54 Å². The Morgan fingerprint density at radius 2 is 2.09 bits per heavy atom. The molecule has 0 aliphatic rings. The first-order chi connectivity index (χ1) is 11.2. The SMILES string of the molecule is O=C(NCc1ccco1)c1cccnc1Nc1cccc(Cl)c1. The van der Waals surface area contributed by atoms with Crippen LogP contribution in [-0.4, -0.2) is 10.9 Å². The Morgan fingerprint density at radius 1 is 1.17 bits per heavy atom. The highest BCUT2D eigenvalue weighted by Crippen LogP contribution is 2.21. The quantitative estimate of drug-likeness (QED) is 0.743. The molecule has 0 spiro atoms. The van der Waals surface area contributed by atoms with Gasteiger partial charge >= 0.3 is 0 Å². The van der Waals surface area contributed by atoms with Crippen molar-refractivity contribution in [2.45, 2.75) is 6.54 Å². The van der Waals surface area contributed by atoms with Crippen LogP contribution in [0, 0.1) is 0 Å². The summed E-state index contributed by atoms with van der Waals surface area (Å²) >= 11 is 5.97. The number of hydrogen-bond acceptors (Lipinski definition) is 4. The van der Waals surface area contributed by atoms with Crippen molar-refractivity contribution in [2.75, 3.05) is 5.32 Å². The molecule has 3 rings (SSSR count). The Morgan fingerprint density at radius 3 is 2.87 bits per heavy atom. The number of carbonyl (C=O) groups excluding carboxylic acids is 1. The van der Waals surface area contributed by atoms with Crippen molar-refractivity contribution in [3.8, 4) is 0 Å². The van der Waals surface area contributed by atoms with Gasteiger partial charge in [-0.1, -0.05) is 17.7 Å². The number of hydrogen-bond donors (Lipinski definition) is 2. The largest absolute Gasteiger partial charge is 0.467 e. The molecule has 116 valence electrons. The number of anilines is 2. The fraction of sp³-hybridized carbons (Fsp3) is 0.0588. The molecule has 0 saturated carbocycles. The van der Waals surface area contributed by atoms with Crippen LogP contribution in [0.5, 0.6) is 0 Å². The second kappa shape index (κ2) is 6.98. The van der Waals surface area contributed by atoms with Crippen molar-refractivity contribution in [2.24, 2.45) is 0 Å². The molecular weight excluding hydrogens is 314 g/mol. The zero-order chi connectivity index (χ0) is 16.1. The maximum atomic E-state index is 12.4. The molecular formula is C17H14ClN3O2. The van der Waals surface area contributed by atoms with Gasteiger partial charge in [0.25, 0.3) is 5.91 Å². The average molecular weight is 328 g/mol. The highest BCUT2D eigenvalue weighted by atomic mass is 35.5. The first-order valence-electron chi connectivity index (χ1n) is 7.00. The van der Waals surface area contributed by atoms with Gasteiger partial charge in [0, 0.05) is 16.9 Å². The number of rotatable bonds is 5. The fourth-order valence-corrected chi connectivity index (χ4v) is 2.26. The van der Waals surface area contributed by atoms with Crippen molar-refractivity contribution in [3.63, 3.8) is 0 Å². The van der Waals surface area contributed by atoms with Gasteiger partial charge in [0.2, 0.25) is 0 Å². The Hall–Kier alpha value is -2.79. The highest BCUT2D eigenvalue weighted by molar-refractivity contribution is 6.30. The van der Waals surface area contributed by atoms with Crippen LogP contribution in [0.4, 0.5) is 11.5 Å². The van der Waals surface area contributed by atoms with E-state index in [9.17, 15) is 4.79 Å². The van der Waals surface area contributed by atoms with E-state index in [-0.39, 0.29) is 5.91 Å². The second-order valence-corrected chi connectivity index (χ2v) is 5.23. The Balaban J connectivity index is 1.75. The molecule has 2 aromatic heterocycles. The summed E-state index contributed by atoms with van der Waals surface area (Å²) in [5.74, 6) is 0.914. The van der Waals surface area contributed by atoms with Crippen molar-refractivity contribution >= 4 is 29.0 Å². The molecule has 0 saturated heterocycles. The molecule has 0 bridgehead atoms. The van der Waals surface area contributed by atoms with Gasteiger partial charge in [0.05, 0.1) is 18.4 Å². The van der Waals surface area contributed by atoms with Gasteiger partial charge in [-0.05, 0) is 42.5 Å². The Labute approximate surface area is 138 Å². The summed E-state index contributed by atoms with van der Waals surface area (Å²) in [6, 6.07) is 14.2. The van der Waals surface area contributed by atoms with E-state index in [2.05, 4.69) is 15.6 Å². The van der Waals surface area contributed by atoms with E-state index in [4.69, 9.17) is 16.0 Å². The van der Waals surface area contributed by atoms with E-state index in [1.54, 1.807) is 48.9 Å². The summed E-state index contributed by atoms with van der Waals surface area (Å²) in [5.41, 5.74) is 1.20. The zero-order valence-electron chi connectivity index (χ0n) is 12.1. The molecule has 0 unspecified atom stereocenters. The summed E-state index contributed by atoms with van der Waals surface area (Å²) in [6.45, 7) is 0.317. The molecule has 0 radical (unpaired) electrons. The lowest BCUT2D eigenvalue weighted by Crippen LogP contribution is -2.23. The van der Waals surface area contributed by atoms with Crippen molar-refractivity contribution < 1.29 is 9.21 Å². The minimum atomic E-state index is -0.237. The van der Waals surface area contributed by atoms with E-state index in [0.29, 0.717) is 28.7 Å². The summed E-state index contributed by atoms with van der Waals surface area (Å²) in [4.78, 5) is 16.6. The molecule has 1 aromatic carbocycles. The number of carbonyl (C=O) groups is 1. The summed E-state index contributed by atoms with van der Waals surface area (Å²) in [5, 5.41) is 6.51. The third-order valence-corrected chi connectivity index (χ3v) is 3.38. The number of amides is 1. The molecule has 0 atom stereocenters. The van der Waals surface area contributed by atoms with Gasteiger partial charge in [0.1, 0.15) is 11.6 Å². The highest BCUT2D eigenvalue weighted by Gasteiger charge is 2.12. The van der Waals surface area contributed by atoms with Crippen molar-refractivity contribution in [3.05, 3.63) is 77.3 Å². The number of nitrogens with zero attached hydrogens (tertiary/aromatic N) is 1. The van der Waals surface area contributed by atoms with Crippen LogP contribution < -0.4 is 10.6 Å². The molecule has 0 aliphatic carbocycles. The van der Waals surface area contributed by atoms with Gasteiger partial charge in [-0.15, -0.1) is 0 Å². The standard InChI is InChI=1S/C17H14ClN3O2/c18-12-4-1-5-13(10-12)21-16-15(7-2-8-19-16)17(22)20-11-14-6-3-9-23-14/h1-10H,11H2,(H,19,21)(H,20,22). The zero-order valence-corrected chi connectivity index (χ0v) is 12.9. The topological polar surface area (TPSA) is 67.2 Å². The molecule has 23 heavy (non-hydrogen) atoms. The maximum absolute atomic E-state index is 12.4. The number of benzene rings is 1. The van der Waals surface area contributed by atoms with Gasteiger partial charge in [-0.2, -0.15) is 0 Å².